The smallest absolute Gasteiger partial charge is 0.317 e. The fraction of sp³-hybridized carbons (Fsp3) is 0.562. The summed E-state index contributed by atoms with van der Waals surface area (Å²) in [6.07, 6.45) is 0. The van der Waals surface area contributed by atoms with Crippen molar-refractivity contribution in [2.24, 2.45) is 0 Å². The van der Waals surface area contributed by atoms with E-state index < -0.39 is 0 Å². The number of carbonyl (C=O) groups is 1. The average molecular weight is 291 g/mol. The lowest BCUT2D eigenvalue weighted by molar-refractivity contribution is 0.122. The number of nitrogens with one attached hydrogen (secondary N) is 1. The third kappa shape index (κ3) is 4.36. The van der Waals surface area contributed by atoms with E-state index in [-0.39, 0.29) is 6.03 Å². The molecule has 1 aliphatic heterocycles. The summed E-state index contributed by atoms with van der Waals surface area (Å²) in [5.74, 6) is 0. The molecule has 0 aliphatic carbocycles. The van der Waals surface area contributed by atoms with Crippen molar-refractivity contribution in [3.63, 3.8) is 0 Å². The van der Waals surface area contributed by atoms with Gasteiger partial charge in [0.2, 0.25) is 0 Å². The molecule has 116 valence electrons. The molecule has 0 unspecified atom stereocenters. The first-order valence-electron chi connectivity index (χ1n) is 7.69. The van der Waals surface area contributed by atoms with Gasteiger partial charge in [0.05, 0.1) is 13.2 Å². The maximum Gasteiger partial charge on any atom is 0.317 e. The Labute approximate surface area is 126 Å². The summed E-state index contributed by atoms with van der Waals surface area (Å²) in [5, 5.41) is 2.95. The summed E-state index contributed by atoms with van der Waals surface area (Å²) in [6, 6.07) is 8.38. The molecule has 0 aromatic heterocycles. The highest BCUT2D eigenvalue weighted by molar-refractivity contribution is 5.74. The normalized spacial score (nSPS) is 14.9. The first-order chi connectivity index (χ1) is 10.2. The van der Waals surface area contributed by atoms with Crippen LogP contribution in [0.2, 0.25) is 0 Å². The average Bonchev–Trinajstić information content (AvgIpc) is 2.55. The number of rotatable bonds is 5. The maximum atomic E-state index is 11.9. The van der Waals surface area contributed by atoms with Crippen LogP contribution >= 0.6 is 0 Å². The molecule has 0 bridgehead atoms. The summed E-state index contributed by atoms with van der Waals surface area (Å²) in [6.45, 7) is 9.48. The van der Waals surface area contributed by atoms with Crippen molar-refractivity contribution >= 4 is 11.7 Å². The highest BCUT2D eigenvalue weighted by Gasteiger charge is 2.11. The summed E-state index contributed by atoms with van der Waals surface area (Å²) >= 11 is 0. The van der Waals surface area contributed by atoms with Crippen molar-refractivity contribution in [3.05, 3.63) is 29.8 Å². The summed E-state index contributed by atoms with van der Waals surface area (Å²) in [4.78, 5) is 16.0. The predicted octanol–water partition coefficient (Wildman–Crippen LogP) is 2.07. The molecule has 1 saturated heterocycles. The van der Waals surface area contributed by atoms with E-state index in [0.717, 1.165) is 45.0 Å². The highest BCUT2D eigenvalue weighted by Crippen LogP contribution is 2.16. The Kier molecular flexibility index (Phi) is 5.87. The minimum absolute atomic E-state index is 0.00254. The Morgan fingerprint density at radius 3 is 2.38 bits per heavy atom. The van der Waals surface area contributed by atoms with Crippen LogP contribution in [0.25, 0.3) is 0 Å². The second-order valence-corrected chi connectivity index (χ2v) is 5.10. The molecule has 5 heteroatoms. The molecule has 5 nitrogen and oxygen atoms in total. The highest BCUT2D eigenvalue weighted by atomic mass is 16.5. The summed E-state index contributed by atoms with van der Waals surface area (Å²) in [7, 11) is 0. The van der Waals surface area contributed by atoms with Gasteiger partial charge in [0.1, 0.15) is 0 Å². The third-order valence-electron chi connectivity index (χ3n) is 3.81. The number of benzene rings is 1. The summed E-state index contributed by atoms with van der Waals surface area (Å²) < 4.78 is 5.36. The molecule has 21 heavy (non-hydrogen) atoms. The fourth-order valence-electron chi connectivity index (χ4n) is 2.45. The molecule has 1 fully saturated rings. The predicted molar refractivity (Wildman–Crippen MR) is 84.6 cm³/mol. The number of urea groups is 1. The van der Waals surface area contributed by atoms with Gasteiger partial charge in [0.25, 0.3) is 0 Å². The van der Waals surface area contributed by atoms with Crippen LogP contribution in [0, 0.1) is 0 Å². The van der Waals surface area contributed by atoms with Gasteiger partial charge in [-0.2, -0.15) is 0 Å². The van der Waals surface area contributed by atoms with E-state index in [1.807, 2.05) is 13.8 Å². The van der Waals surface area contributed by atoms with Crippen LogP contribution < -0.4 is 10.2 Å². The monoisotopic (exact) mass is 291 g/mol. The van der Waals surface area contributed by atoms with E-state index >= 15 is 0 Å². The number of hydrogen-bond donors (Lipinski definition) is 1. The Bertz CT molecular complexity index is 437. The maximum absolute atomic E-state index is 11.9. The molecule has 0 atom stereocenters. The van der Waals surface area contributed by atoms with Gasteiger partial charge < -0.3 is 19.9 Å². The van der Waals surface area contributed by atoms with Gasteiger partial charge in [-0.3, -0.25) is 0 Å². The zero-order chi connectivity index (χ0) is 15.1. The van der Waals surface area contributed by atoms with Gasteiger partial charge >= 0.3 is 6.03 Å². The summed E-state index contributed by atoms with van der Waals surface area (Å²) in [5.41, 5.74) is 2.34. The molecule has 2 amide bonds. The van der Waals surface area contributed by atoms with Crippen LogP contribution in [-0.2, 0) is 11.3 Å². The molecule has 1 N–H and O–H groups in total. The standard InChI is InChI=1S/C16H25N3O2/c1-3-18(4-2)16(20)17-13-14-5-7-15(8-6-14)19-9-11-21-12-10-19/h5-8H,3-4,9-13H2,1-2H3,(H,17,20). The van der Waals surface area contributed by atoms with Crippen molar-refractivity contribution < 1.29 is 9.53 Å². The zero-order valence-electron chi connectivity index (χ0n) is 13.0. The van der Waals surface area contributed by atoms with Crippen molar-refractivity contribution in [2.45, 2.75) is 20.4 Å². The lowest BCUT2D eigenvalue weighted by Gasteiger charge is -2.29. The number of amides is 2. The van der Waals surface area contributed by atoms with Crippen LogP contribution in [0.15, 0.2) is 24.3 Å². The van der Waals surface area contributed by atoms with Crippen LogP contribution in [0.4, 0.5) is 10.5 Å². The van der Waals surface area contributed by atoms with Gasteiger partial charge in [-0.25, -0.2) is 4.79 Å². The fourth-order valence-corrected chi connectivity index (χ4v) is 2.45. The van der Waals surface area contributed by atoms with Gasteiger partial charge in [-0.15, -0.1) is 0 Å². The number of hydrogen-bond acceptors (Lipinski definition) is 3. The molecule has 1 heterocycles. The number of nitrogens with zero attached hydrogens (tertiary/aromatic N) is 2. The van der Waals surface area contributed by atoms with Crippen LogP contribution in [0.3, 0.4) is 0 Å². The number of morpholine rings is 1. The van der Waals surface area contributed by atoms with Crippen molar-refractivity contribution in [1.29, 1.82) is 0 Å². The van der Waals surface area contributed by atoms with Crippen LogP contribution in [-0.4, -0.2) is 50.3 Å². The Balaban J connectivity index is 1.86. The molecule has 0 spiro atoms. The van der Waals surface area contributed by atoms with E-state index in [1.54, 1.807) is 4.90 Å². The minimum atomic E-state index is -0.00254. The van der Waals surface area contributed by atoms with Crippen molar-refractivity contribution in [2.75, 3.05) is 44.3 Å². The van der Waals surface area contributed by atoms with E-state index in [0.29, 0.717) is 6.54 Å². The van der Waals surface area contributed by atoms with Gasteiger partial charge in [-0.05, 0) is 31.5 Å². The largest absolute Gasteiger partial charge is 0.378 e. The number of anilines is 1. The lowest BCUT2D eigenvalue weighted by Crippen LogP contribution is -2.39. The second-order valence-electron chi connectivity index (χ2n) is 5.10. The van der Waals surface area contributed by atoms with E-state index in [1.165, 1.54) is 5.69 Å². The number of carbonyl (C=O) groups excluding carboxylic acids is 1. The zero-order valence-corrected chi connectivity index (χ0v) is 13.0. The number of ether oxygens (including phenoxy) is 1. The van der Waals surface area contributed by atoms with Crippen molar-refractivity contribution in [3.8, 4) is 0 Å². The molecule has 1 aromatic carbocycles. The SMILES string of the molecule is CCN(CC)C(=O)NCc1ccc(N2CCOCC2)cc1. The third-order valence-corrected chi connectivity index (χ3v) is 3.81. The lowest BCUT2D eigenvalue weighted by atomic mass is 10.2. The van der Waals surface area contributed by atoms with Crippen molar-refractivity contribution in [1.82, 2.24) is 10.2 Å². The molecular formula is C16H25N3O2. The topological polar surface area (TPSA) is 44.8 Å². The molecular weight excluding hydrogens is 266 g/mol. The molecule has 0 saturated carbocycles. The minimum Gasteiger partial charge on any atom is -0.378 e. The van der Waals surface area contributed by atoms with E-state index in [4.69, 9.17) is 4.74 Å². The quantitative estimate of drug-likeness (QED) is 0.903. The van der Waals surface area contributed by atoms with E-state index in [2.05, 4.69) is 34.5 Å². The first kappa shape index (κ1) is 15.6. The molecule has 2 rings (SSSR count). The molecule has 0 radical (unpaired) electrons. The van der Waals surface area contributed by atoms with Gasteiger partial charge in [0.15, 0.2) is 0 Å². The second kappa shape index (κ2) is 7.88. The first-order valence-corrected chi connectivity index (χ1v) is 7.69. The van der Waals surface area contributed by atoms with Gasteiger partial charge in [-0.1, -0.05) is 12.1 Å². The van der Waals surface area contributed by atoms with Crippen LogP contribution in [0.5, 0.6) is 0 Å². The van der Waals surface area contributed by atoms with Gasteiger partial charge in [0, 0.05) is 38.4 Å². The Morgan fingerprint density at radius 2 is 1.81 bits per heavy atom. The Hall–Kier alpha value is -1.75. The molecule has 1 aliphatic rings. The Morgan fingerprint density at radius 1 is 1.19 bits per heavy atom. The van der Waals surface area contributed by atoms with E-state index in [9.17, 15) is 4.79 Å². The molecule has 1 aromatic rings. The van der Waals surface area contributed by atoms with Crippen LogP contribution in [0.1, 0.15) is 19.4 Å².